The molecule has 120 valence electrons. The summed E-state index contributed by atoms with van der Waals surface area (Å²) in [5.74, 6) is 0. The summed E-state index contributed by atoms with van der Waals surface area (Å²) in [6.07, 6.45) is 0. The Bertz CT molecular complexity index is 675. The van der Waals surface area contributed by atoms with Crippen LogP contribution in [-0.2, 0) is 13.3 Å². The van der Waals surface area contributed by atoms with Crippen molar-refractivity contribution < 1.29 is 5.03 Å². The van der Waals surface area contributed by atoms with Crippen LogP contribution in [0.15, 0.2) is 0 Å². The molecule has 0 bridgehead atoms. The second-order valence-corrected chi connectivity index (χ2v) is 9.83. The Kier molecular flexibility index (Phi) is 7.93. The van der Waals surface area contributed by atoms with Gasteiger partial charge in [-0.25, -0.2) is 20.1 Å². The molecule has 0 radical (unpaired) electrons. The van der Waals surface area contributed by atoms with E-state index in [1.54, 1.807) is 0 Å². The van der Waals surface area contributed by atoms with Crippen molar-refractivity contribution in [3.8, 4) is 0 Å². The summed E-state index contributed by atoms with van der Waals surface area (Å²) in [6.45, 7) is 0.251. The van der Waals surface area contributed by atoms with Crippen molar-refractivity contribution >= 4 is 136 Å². The summed E-state index contributed by atoms with van der Waals surface area (Å²) in [6, 6.07) is 0. The first-order chi connectivity index (χ1) is 10.2. The minimum atomic E-state index is -0.391. The number of imidazole rings is 2. The van der Waals surface area contributed by atoms with Gasteiger partial charge in [0.15, 0.2) is 26.0 Å². The molecule has 0 fully saturated rings. The molecule has 0 atom stereocenters. The molecule has 0 amide bonds. The zero-order valence-corrected chi connectivity index (χ0v) is 23.1. The van der Waals surface area contributed by atoms with E-state index < -0.39 is 5.03 Å². The van der Waals surface area contributed by atoms with Crippen LogP contribution in [0.1, 0.15) is 0 Å². The van der Waals surface area contributed by atoms with Crippen molar-refractivity contribution in [3.63, 3.8) is 0 Å². The van der Waals surface area contributed by atoms with E-state index in [9.17, 15) is 10.1 Å². The zero-order chi connectivity index (χ0) is 16.6. The third-order valence-corrected chi connectivity index (χ3v) is 9.88. The monoisotopic (exact) mass is 977 g/mol. The van der Waals surface area contributed by atoms with Crippen LogP contribution in [0.2, 0.25) is 0 Å². The third-order valence-electron chi connectivity index (χ3n) is 2.48. The highest BCUT2D eigenvalue weighted by Crippen LogP contribution is 2.21. The second kappa shape index (κ2) is 8.59. The average Bonchev–Trinajstić information content (AvgIpc) is 2.80. The Labute approximate surface area is 206 Å². The van der Waals surface area contributed by atoms with Crippen molar-refractivity contribution in [1.82, 2.24) is 24.1 Å². The maximum Gasteiger partial charge on any atom is 0.174 e. The largest absolute Gasteiger partial charge is 0.290 e. The van der Waals surface area contributed by atoms with Crippen LogP contribution in [0.4, 0.5) is 0 Å². The van der Waals surface area contributed by atoms with Crippen LogP contribution < -0.4 is 0 Å². The number of nitrogens with zero attached hydrogens (tertiary/aromatic N) is 6. The van der Waals surface area contributed by atoms with Crippen LogP contribution in [0.25, 0.3) is 0 Å². The molecule has 2 heterocycles. The fraction of sp³-hybridized carbons (Fsp3) is 0.250. The number of hydrazine groups is 1. The molecule has 0 aliphatic carbocycles. The van der Waals surface area contributed by atoms with Gasteiger partial charge in [-0.3, -0.25) is 9.13 Å². The lowest BCUT2D eigenvalue weighted by molar-refractivity contribution is -0.670. The molecule has 2 aromatic heterocycles. The first-order valence-corrected chi connectivity index (χ1v) is 11.7. The van der Waals surface area contributed by atoms with Gasteiger partial charge in [-0.2, -0.15) is 0 Å². The fourth-order valence-corrected chi connectivity index (χ4v) is 6.63. The van der Waals surface area contributed by atoms with Crippen LogP contribution in [0, 0.1) is 32.6 Å². The van der Waals surface area contributed by atoms with Gasteiger partial charge in [-0.05, 0) is 90.4 Å². The molecule has 0 saturated heterocycles. The number of aromatic nitrogens is 4. The summed E-state index contributed by atoms with van der Waals surface area (Å²) in [5.41, 5.74) is 0. The molecule has 2 rings (SSSR count). The van der Waals surface area contributed by atoms with Crippen LogP contribution in [0.5, 0.6) is 0 Å². The lowest BCUT2D eigenvalue weighted by atomic mass is 10.8. The van der Waals surface area contributed by atoms with Crippen molar-refractivity contribution in [2.45, 2.75) is 13.3 Å². The van der Waals surface area contributed by atoms with E-state index in [0.717, 1.165) is 27.5 Å². The smallest absolute Gasteiger partial charge is 0.174 e. The van der Waals surface area contributed by atoms with E-state index in [4.69, 9.17) is 0 Å². The van der Waals surface area contributed by atoms with Crippen LogP contribution in [0.3, 0.4) is 0 Å². The molecule has 8 nitrogen and oxygen atoms in total. The average molecular weight is 978 g/mol. The van der Waals surface area contributed by atoms with Gasteiger partial charge in [0.05, 0.1) is 0 Å². The molecule has 0 saturated carbocycles. The van der Waals surface area contributed by atoms with E-state index in [1.807, 2.05) is 9.13 Å². The molecular formula is C8H4I6N6O2. The second-order valence-electron chi connectivity index (χ2n) is 3.81. The third kappa shape index (κ3) is 4.59. The standard InChI is InChI=1S/C8H4I6N6O2/c9-3-5(11)18(7(13)15-3)1-17(20(21)22)2-19-6(12)4(10)16-8(19)14/h1-2H2. The Balaban J connectivity index is 2.30. The summed E-state index contributed by atoms with van der Waals surface area (Å²) < 4.78 is 8.53. The summed E-state index contributed by atoms with van der Waals surface area (Å²) in [7, 11) is 0. The topological polar surface area (TPSA) is 82.0 Å². The molecule has 22 heavy (non-hydrogen) atoms. The fourth-order valence-electron chi connectivity index (χ4n) is 1.48. The van der Waals surface area contributed by atoms with E-state index >= 15 is 0 Å². The maximum atomic E-state index is 11.4. The Morgan fingerprint density at radius 3 is 1.50 bits per heavy atom. The van der Waals surface area contributed by atoms with Gasteiger partial charge >= 0.3 is 0 Å². The highest BCUT2D eigenvalue weighted by Gasteiger charge is 2.23. The Morgan fingerprint density at radius 2 is 1.27 bits per heavy atom. The van der Waals surface area contributed by atoms with E-state index in [1.165, 1.54) is 0 Å². The molecule has 0 spiro atoms. The quantitative estimate of drug-likeness (QED) is 0.259. The van der Waals surface area contributed by atoms with E-state index in [0.29, 0.717) is 0 Å². The normalized spacial score (nSPS) is 11.0. The van der Waals surface area contributed by atoms with Crippen molar-refractivity contribution in [3.05, 3.63) is 32.6 Å². The molecule has 0 aliphatic heterocycles. The SMILES string of the molecule is O=[N+]([O-])N(Cn1c(I)nc(I)c1I)Cn1c(I)nc(I)c1I. The Morgan fingerprint density at radius 1 is 0.909 bits per heavy atom. The predicted octanol–water partition coefficient (Wildman–Crippen LogP) is 3.82. The summed E-state index contributed by atoms with van der Waals surface area (Å²) in [5, 5.41) is 12.2. The van der Waals surface area contributed by atoms with Gasteiger partial charge in [0.1, 0.15) is 14.8 Å². The maximum absolute atomic E-state index is 11.4. The highest BCUT2D eigenvalue weighted by molar-refractivity contribution is 14.1. The number of nitro groups is 1. The van der Waals surface area contributed by atoms with Gasteiger partial charge in [-0.15, -0.1) is 0 Å². The molecule has 0 N–H and O–H groups in total. The van der Waals surface area contributed by atoms with Gasteiger partial charge in [-0.1, -0.05) is 5.01 Å². The Hall–Kier alpha value is 2.00. The van der Waals surface area contributed by atoms with Crippen LogP contribution >= 0.6 is 136 Å². The molecule has 0 aliphatic rings. The molecule has 14 heteroatoms. The first kappa shape index (κ1) is 20.3. The number of rotatable bonds is 5. The lowest BCUT2D eigenvalue weighted by Crippen LogP contribution is -2.35. The first-order valence-electron chi connectivity index (χ1n) is 5.25. The van der Waals surface area contributed by atoms with Crippen LogP contribution in [-0.4, -0.2) is 29.1 Å². The van der Waals surface area contributed by atoms with Gasteiger partial charge in [0.2, 0.25) is 0 Å². The summed E-state index contributed by atoms with van der Waals surface area (Å²) in [4.78, 5) is 20.1. The summed E-state index contributed by atoms with van der Waals surface area (Å²) >= 11 is 12.7. The molecular weight excluding hydrogens is 974 g/mol. The highest BCUT2D eigenvalue weighted by atomic mass is 127. The number of halogens is 6. The minimum absolute atomic E-state index is 0.125. The molecule has 0 unspecified atom stereocenters. The van der Waals surface area contributed by atoms with E-state index in [-0.39, 0.29) is 13.3 Å². The minimum Gasteiger partial charge on any atom is -0.290 e. The predicted molar refractivity (Wildman–Crippen MR) is 130 cm³/mol. The molecule has 2 aromatic rings. The van der Waals surface area contributed by atoms with Crippen molar-refractivity contribution in [1.29, 1.82) is 0 Å². The number of hydrogen-bond acceptors (Lipinski definition) is 4. The van der Waals surface area contributed by atoms with E-state index in [2.05, 4.69) is 146 Å². The van der Waals surface area contributed by atoms with Crippen molar-refractivity contribution in [2.75, 3.05) is 0 Å². The number of hydrogen-bond donors (Lipinski definition) is 0. The van der Waals surface area contributed by atoms with Gasteiger partial charge in [0.25, 0.3) is 0 Å². The lowest BCUT2D eigenvalue weighted by Gasteiger charge is -2.17. The zero-order valence-electron chi connectivity index (χ0n) is 10.2. The van der Waals surface area contributed by atoms with Gasteiger partial charge in [0, 0.05) is 45.2 Å². The van der Waals surface area contributed by atoms with Gasteiger partial charge < -0.3 is 0 Å². The molecule has 0 aromatic carbocycles. The van der Waals surface area contributed by atoms with Crippen molar-refractivity contribution in [2.24, 2.45) is 0 Å².